The molecular weight excluding hydrogens is 344 g/mol. The predicted molar refractivity (Wildman–Crippen MR) is 92.8 cm³/mol. The van der Waals surface area contributed by atoms with Gasteiger partial charge in [0.2, 0.25) is 10.0 Å². The summed E-state index contributed by atoms with van der Waals surface area (Å²) in [6.45, 7) is 2.95. The van der Waals surface area contributed by atoms with Gasteiger partial charge in [0.25, 0.3) is 5.91 Å². The van der Waals surface area contributed by atoms with Crippen LogP contribution in [0.1, 0.15) is 49.9 Å². The minimum atomic E-state index is -3.68. The van der Waals surface area contributed by atoms with Gasteiger partial charge in [-0.1, -0.05) is 18.9 Å². The minimum absolute atomic E-state index is 0.0320. The second-order valence-electron chi connectivity index (χ2n) is 7.00. The second kappa shape index (κ2) is 7.53. The molecule has 1 fully saturated rings. The van der Waals surface area contributed by atoms with E-state index < -0.39 is 27.3 Å². The molecule has 1 saturated carbocycles. The number of carboxylic acid groups (broad SMARTS) is 1. The zero-order valence-corrected chi connectivity index (χ0v) is 15.2. The van der Waals surface area contributed by atoms with E-state index in [9.17, 15) is 18.0 Å². The quantitative estimate of drug-likeness (QED) is 0.679. The molecule has 2 rings (SSSR count). The molecule has 1 aromatic carbocycles. The Morgan fingerprint density at radius 3 is 2.48 bits per heavy atom. The molecule has 0 spiro atoms. The zero-order chi connectivity index (χ0) is 18.7. The van der Waals surface area contributed by atoms with Crippen LogP contribution in [0.15, 0.2) is 29.2 Å². The third kappa shape index (κ3) is 5.02. The normalized spacial score (nSPS) is 15.9. The van der Waals surface area contributed by atoms with Crippen LogP contribution in [0, 0.1) is 5.41 Å². The second-order valence-corrected chi connectivity index (χ2v) is 8.72. The van der Waals surface area contributed by atoms with Crippen LogP contribution in [0.4, 0.5) is 0 Å². The van der Waals surface area contributed by atoms with E-state index in [0.29, 0.717) is 0 Å². The van der Waals surface area contributed by atoms with Gasteiger partial charge in [-0.25, -0.2) is 13.1 Å². The van der Waals surface area contributed by atoms with Gasteiger partial charge in [0, 0.05) is 18.2 Å². The fourth-order valence-electron chi connectivity index (χ4n) is 2.61. The summed E-state index contributed by atoms with van der Waals surface area (Å²) in [5, 5.41) is 11.6. The molecule has 0 unspecified atom stereocenters. The molecule has 0 radical (unpaired) electrons. The number of hydrogen-bond acceptors (Lipinski definition) is 4. The number of hydrogen-bond donors (Lipinski definition) is 3. The highest BCUT2D eigenvalue weighted by Crippen LogP contribution is 2.21. The molecule has 0 bridgehead atoms. The van der Waals surface area contributed by atoms with Crippen LogP contribution in [0.25, 0.3) is 0 Å². The summed E-state index contributed by atoms with van der Waals surface area (Å²) in [6.07, 6.45) is 3.66. The van der Waals surface area contributed by atoms with Crippen LogP contribution in [0.5, 0.6) is 0 Å². The first-order chi connectivity index (χ1) is 11.6. The van der Waals surface area contributed by atoms with Crippen molar-refractivity contribution in [3.8, 4) is 0 Å². The summed E-state index contributed by atoms with van der Waals surface area (Å²) in [5.41, 5.74) is -0.931. The first kappa shape index (κ1) is 19.4. The summed E-state index contributed by atoms with van der Waals surface area (Å²) in [7, 11) is -3.68. The topological polar surface area (TPSA) is 113 Å². The Labute approximate surface area is 147 Å². The Kier molecular flexibility index (Phi) is 5.84. The van der Waals surface area contributed by atoms with Crippen LogP contribution in [0.3, 0.4) is 0 Å². The van der Waals surface area contributed by atoms with Gasteiger partial charge in [0.15, 0.2) is 0 Å². The predicted octanol–water partition coefficient (Wildman–Crippen LogP) is 1.75. The number of carbonyl (C=O) groups is 2. The third-order valence-corrected chi connectivity index (χ3v) is 5.87. The maximum Gasteiger partial charge on any atom is 0.310 e. The molecule has 0 aromatic heterocycles. The summed E-state index contributed by atoms with van der Waals surface area (Å²) in [5.74, 6) is -1.53. The molecular formula is C17H24N2O5S. The average Bonchev–Trinajstić information content (AvgIpc) is 3.05. The number of amides is 1. The number of benzene rings is 1. The Bertz CT molecular complexity index is 752. The van der Waals surface area contributed by atoms with E-state index in [1.54, 1.807) is 0 Å². The van der Waals surface area contributed by atoms with Crippen molar-refractivity contribution >= 4 is 21.9 Å². The molecule has 1 aromatic rings. The van der Waals surface area contributed by atoms with Gasteiger partial charge < -0.3 is 10.4 Å². The van der Waals surface area contributed by atoms with Gasteiger partial charge >= 0.3 is 5.97 Å². The van der Waals surface area contributed by atoms with Gasteiger partial charge in [-0.2, -0.15) is 0 Å². The smallest absolute Gasteiger partial charge is 0.310 e. The number of nitrogens with one attached hydrogen (secondary N) is 2. The molecule has 138 valence electrons. The summed E-state index contributed by atoms with van der Waals surface area (Å²) in [4.78, 5) is 23.3. The lowest BCUT2D eigenvalue weighted by Crippen LogP contribution is -2.39. The van der Waals surface area contributed by atoms with E-state index in [-0.39, 0.29) is 23.0 Å². The third-order valence-electron chi connectivity index (χ3n) is 4.35. The lowest BCUT2D eigenvalue weighted by atomic mass is 9.94. The van der Waals surface area contributed by atoms with Crippen LogP contribution in [0.2, 0.25) is 0 Å². The Balaban J connectivity index is 2.09. The molecule has 0 heterocycles. The minimum Gasteiger partial charge on any atom is -0.481 e. The lowest BCUT2D eigenvalue weighted by Gasteiger charge is -2.19. The molecule has 3 N–H and O–H groups in total. The van der Waals surface area contributed by atoms with E-state index in [4.69, 9.17) is 5.11 Å². The maximum absolute atomic E-state index is 12.4. The van der Waals surface area contributed by atoms with Crippen molar-refractivity contribution in [3.05, 3.63) is 29.8 Å². The van der Waals surface area contributed by atoms with E-state index >= 15 is 0 Å². The van der Waals surface area contributed by atoms with E-state index in [2.05, 4.69) is 10.0 Å². The highest BCUT2D eigenvalue weighted by molar-refractivity contribution is 7.89. The molecule has 0 saturated heterocycles. The Morgan fingerprint density at radius 2 is 1.88 bits per heavy atom. The van der Waals surface area contributed by atoms with Crippen molar-refractivity contribution in [3.63, 3.8) is 0 Å². The van der Waals surface area contributed by atoms with Crippen molar-refractivity contribution in [2.75, 3.05) is 6.54 Å². The number of carbonyl (C=O) groups excluding carboxylic acids is 1. The zero-order valence-electron chi connectivity index (χ0n) is 14.4. The Hall–Kier alpha value is -1.93. The summed E-state index contributed by atoms with van der Waals surface area (Å²) >= 11 is 0. The van der Waals surface area contributed by atoms with Crippen molar-refractivity contribution in [1.29, 1.82) is 0 Å². The SMILES string of the molecule is CC(C)(CNC(=O)c1cccc(S(=O)(=O)NC2CCCC2)c1)C(=O)O. The van der Waals surface area contributed by atoms with Gasteiger partial charge in [-0.05, 0) is 44.9 Å². The monoisotopic (exact) mass is 368 g/mol. The lowest BCUT2D eigenvalue weighted by molar-refractivity contribution is -0.146. The fourth-order valence-corrected chi connectivity index (χ4v) is 3.96. The molecule has 25 heavy (non-hydrogen) atoms. The molecule has 1 aliphatic rings. The average molecular weight is 368 g/mol. The van der Waals surface area contributed by atoms with Crippen molar-refractivity contribution in [2.45, 2.75) is 50.5 Å². The van der Waals surface area contributed by atoms with Crippen molar-refractivity contribution < 1.29 is 23.1 Å². The van der Waals surface area contributed by atoms with E-state index in [1.165, 1.54) is 38.1 Å². The molecule has 1 amide bonds. The molecule has 7 nitrogen and oxygen atoms in total. The molecule has 0 aliphatic heterocycles. The fraction of sp³-hybridized carbons (Fsp3) is 0.529. The number of aliphatic carboxylic acids is 1. The first-order valence-corrected chi connectivity index (χ1v) is 9.74. The van der Waals surface area contributed by atoms with Crippen molar-refractivity contribution in [2.24, 2.45) is 5.41 Å². The van der Waals surface area contributed by atoms with Crippen molar-refractivity contribution in [1.82, 2.24) is 10.0 Å². The van der Waals surface area contributed by atoms with E-state index in [0.717, 1.165) is 25.7 Å². The summed E-state index contributed by atoms with van der Waals surface area (Å²) in [6, 6.07) is 5.69. The van der Waals surface area contributed by atoms with Gasteiger partial charge in [-0.3, -0.25) is 9.59 Å². The maximum atomic E-state index is 12.4. The van der Waals surface area contributed by atoms with Gasteiger partial charge in [0.1, 0.15) is 0 Å². The highest BCUT2D eigenvalue weighted by atomic mass is 32.2. The molecule has 8 heteroatoms. The number of sulfonamides is 1. The molecule has 0 atom stereocenters. The number of carboxylic acids is 1. The van der Waals surface area contributed by atoms with Crippen LogP contribution in [-0.2, 0) is 14.8 Å². The van der Waals surface area contributed by atoms with E-state index in [1.807, 2.05) is 0 Å². The van der Waals surface area contributed by atoms with Crippen LogP contribution >= 0.6 is 0 Å². The van der Waals surface area contributed by atoms with Crippen LogP contribution < -0.4 is 10.0 Å². The summed E-state index contributed by atoms with van der Waals surface area (Å²) < 4.78 is 27.6. The van der Waals surface area contributed by atoms with Crippen LogP contribution in [-0.4, -0.2) is 38.0 Å². The highest BCUT2D eigenvalue weighted by Gasteiger charge is 2.28. The van der Waals surface area contributed by atoms with Gasteiger partial charge in [0.05, 0.1) is 10.3 Å². The Morgan fingerprint density at radius 1 is 1.24 bits per heavy atom. The largest absolute Gasteiger partial charge is 0.481 e. The molecule has 1 aliphatic carbocycles. The first-order valence-electron chi connectivity index (χ1n) is 8.26. The van der Waals surface area contributed by atoms with Gasteiger partial charge in [-0.15, -0.1) is 0 Å². The number of rotatable bonds is 7. The standard InChI is InChI=1S/C17H24N2O5S/c1-17(2,16(21)22)11-18-15(20)12-6-5-9-14(10-12)25(23,24)19-13-7-3-4-8-13/h5-6,9-10,13,19H,3-4,7-8,11H2,1-2H3,(H,18,20)(H,21,22).